The van der Waals surface area contributed by atoms with Crippen LogP contribution in [0.5, 0.6) is 0 Å². The lowest BCUT2D eigenvalue weighted by Gasteiger charge is -2.19. The standard InChI is InChI=1S/C30H28N6OS/c1-18-14-22(16-33-19(18)2)24-13-9-10-21-15-25(36(30(37)26(21)24)23-11-7-6-8-12-23)20(3)35-28(31-4)27-29(32-5)38-17-34-27/h6-17,20,32H,4H2,1-3,5H3/t20-/m0/s1. The zero-order valence-corrected chi connectivity index (χ0v) is 22.6. The van der Waals surface area contributed by atoms with Gasteiger partial charge in [0.15, 0.2) is 5.84 Å². The van der Waals surface area contributed by atoms with Gasteiger partial charge in [0.05, 0.1) is 22.6 Å². The number of hydrogen-bond acceptors (Lipinski definition) is 6. The quantitative estimate of drug-likeness (QED) is 0.208. The predicted octanol–water partition coefficient (Wildman–Crippen LogP) is 6.38. The molecule has 1 atom stereocenters. The third kappa shape index (κ3) is 4.54. The van der Waals surface area contributed by atoms with Crippen molar-refractivity contribution in [2.24, 2.45) is 9.98 Å². The maximum Gasteiger partial charge on any atom is 0.263 e. The minimum absolute atomic E-state index is 0.114. The number of aromatic nitrogens is 3. The van der Waals surface area contributed by atoms with Crippen molar-refractivity contribution in [2.75, 3.05) is 12.4 Å². The number of hydrogen-bond donors (Lipinski definition) is 1. The zero-order chi connectivity index (χ0) is 26.8. The predicted molar refractivity (Wildman–Crippen MR) is 158 cm³/mol. The van der Waals surface area contributed by atoms with Crippen LogP contribution in [0.2, 0.25) is 0 Å². The summed E-state index contributed by atoms with van der Waals surface area (Å²) in [5.74, 6) is 0.421. The van der Waals surface area contributed by atoms with E-state index in [0.29, 0.717) is 16.9 Å². The van der Waals surface area contributed by atoms with Crippen LogP contribution in [0.25, 0.3) is 27.6 Å². The summed E-state index contributed by atoms with van der Waals surface area (Å²) >= 11 is 1.47. The largest absolute Gasteiger partial charge is 0.378 e. The highest BCUT2D eigenvalue weighted by atomic mass is 32.1. The molecule has 3 aromatic heterocycles. The highest BCUT2D eigenvalue weighted by Crippen LogP contribution is 2.31. The van der Waals surface area contributed by atoms with E-state index in [1.807, 2.05) is 88.6 Å². The zero-order valence-electron chi connectivity index (χ0n) is 21.8. The minimum Gasteiger partial charge on any atom is -0.378 e. The van der Waals surface area contributed by atoms with Gasteiger partial charge in [-0.1, -0.05) is 36.4 Å². The normalized spacial score (nSPS) is 12.5. The molecule has 0 unspecified atom stereocenters. The fourth-order valence-electron chi connectivity index (χ4n) is 4.57. The molecule has 0 amide bonds. The van der Waals surface area contributed by atoms with E-state index in [1.165, 1.54) is 11.3 Å². The molecule has 0 aliphatic rings. The lowest BCUT2D eigenvalue weighted by atomic mass is 9.97. The molecular weight excluding hydrogens is 492 g/mol. The lowest BCUT2D eigenvalue weighted by molar-refractivity contribution is 0.735. The van der Waals surface area contributed by atoms with Crippen molar-refractivity contribution in [3.8, 4) is 16.8 Å². The third-order valence-electron chi connectivity index (χ3n) is 6.64. The Labute approximate surface area is 225 Å². The van der Waals surface area contributed by atoms with Gasteiger partial charge >= 0.3 is 0 Å². The minimum atomic E-state index is -0.411. The number of aliphatic imine (C=N–C) groups is 2. The van der Waals surface area contributed by atoms with Gasteiger partial charge in [0.2, 0.25) is 0 Å². The smallest absolute Gasteiger partial charge is 0.263 e. The van der Waals surface area contributed by atoms with Crippen LogP contribution in [-0.2, 0) is 0 Å². The number of aryl methyl sites for hydroxylation is 2. The van der Waals surface area contributed by atoms with E-state index in [9.17, 15) is 4.79 Å². The lowest BCUT2D eigenvalue weighted by Crippen LogP contribution is -2.24. The molecular formula is C30H28N6OS. The van der Waals surface area contributed by atoms with Gasteiger partial charge in [-0.2, -0.15) is 0 Å². The molecule has 0 aliphatic heterocycles. The first-order chi connectivity index (χ1) is 18.4. The number of para-hydroxylation sites is 1. The molecule has 3 heterocycles. The molecule has 0 bridgehead atoms. The summed E-state index contributed by atoms with van der Waals surface area (Å²) < 4.78 is 1.75. The Bertz CT molecular complexity index is 1740. The number of rotatable bonds is 6. The van der Waals surface area contributed by atoms with Crippen LogP contribution in [-0.4, -0.2) is 34.1 Å². The highest BCUT2D eigenvalue weighted by Gasteiger charge is 2.20. The SMILES string of the molecule is C=NC(=N[C@@H](C)c1cc2cccc(-c3cnc(C)c(C)c3)c2c(=O)n1-c1ccccc1)c1ncsc1NC. The molecule has 0 radical (unpaired) electrons. The summed E-state index contributed by atoms with van der Waals surface area (Å²) in [6, 6.07) is 19.3. The van der Waals surface area contributed by atoms with E-state index >= 15 is 0 Å². The number of nitrogens with zero attached hydrogens (tertiary/aromatic N) is 5. The summed E-state index contributed by atoms with van der Waals surface area (Å²) in [4.78, 5) is 32.3. The number of thiazole rings is 1. The van der Waals surface area contributed by atoms with Gasteiger partial charge in [0.1, 0.15) is 10.7 Å². The molecule has 38 heavy (non-hydrogen) atoms. The molecule has 8 heteroatoms. The summed E-state index contributed by atoms with van der Waals surface area (Å²) in [5.41, 5.74) is 7.59. The molecule has 0 aliphatic carbocycles. The summed E-state index contributed by atoms with van der Waals surface area (Å²) in [7, 11) is 1.83. The first-order valence-corrected chi connectivity index (χ1v) is 13.1. The van der Waals surface area contributed by atoms with Crippen LogP contribution in [0.15, 0.2) is 87.2 Å². The molecule has 1 N–H and O–H groups in total. The van der Waals surface area contributed by atoms with E-state index < -0.39 is 6.04 Å². The summed E-state index contributed by atoms with van der Waals surface area (Å²) in [6.45, 7) is 9.69. The Morgan fingerprint density at radius 1 is 1.08 bits per heavy atom. The van der Waals surface area contributed by atoms with Crippen LogP contribution < -0.4 is 10.9 Å². The Balaban J connectivity index is 1.77. The van der Waals surface area contributed by atoms with Gasteiger partial charge in [-0.25, -0.2) is 9.98 Å². The molecule has 0 spiro atoms. The van der Waals surface area contributed by atoms with Crippen LogP contribution in [0, 0.1) is 13.8 Å². The third-order valence-corrected chi connectivity index (χ3v) is 7.48. The Morgan fingerprint density at radius 3 is 2.58 bits per heavy atom. The van der Waals surface area contributed by atoms with Crippen LogP contribution in [0.1, 0.15) is 35.6 Å². The maximum atomic E-state index is 14.3. The van der Waals surface area contributed by atoms with Crippen molar-refractivity contribution < 1.29 is 0 Å². The fourth-order valence-corrected chi connectivity index (χ4v) is 5.21. The van der Waals surface area contributed by atoms with Gasteiger partial charge in [-0.3, -0.25) is 19.3 Å². The number of benzene rings is 2. The number of anilines is 1. The molecule has 0 saturated heterocycles. The maximum absolute atomic E-state index is 14.3. The van der Waals surface area contributed by atoms with E-state index in [-0.39, 0.29) is 5.56 Å². The first kappa shape index (κ1) is 25.2. The molecule has 5 aromatic rings. The number of nitrogens with one attached hydrogen (secondary N) is 1. The van der Waals surface area contributed by atoms with E-state index in [4.69, 9.17) is 4.99 Å². The second kappa shape index (κ2) is 10.5. The van der Waals surface area contributed by atoms with Gasteiger partial charge in [-0.15, -0.1) is 11.3 Å². The first-order valence-electron chi connectivity index (χ1n) is 12.3. The molecule has 2 aromatic carbocycles. The van der Waals surface area contributed by atoms with Crippen molar-refractivity contribution in [3.05, 3.63) is 105 Å². The van der Waals surface area contributed by atoms with Gasteiger partial charge < -0.3 is 5.32 Å². The average molecular weight is 521 g/mol. The summed E-state index contributed by atoms with van der Waals surface area (Å²) in [6.07, 6.45) is 1.83. The number of fused-ring (bicyclic) bond motifs is 1. The molecule has 0 fully saturated rings. The topological polar surface area (TPSA) is 84.5 Å². The van der Waals surface area contributed by atoms with Gasteiger partial charge in [0, 0.05) is 30.2 Å². The van der Waals surface area contributed by atoms with Crippen molar-refractivity contribution in [3.63, 3.8) is 0 Å². The average Bonchev–Trinajstić information content (AvgIpc) is 3.42. The molecule has 0 saturated carbocycles. The second-order valence-electron chi connectivity index (χ2n) is 9.01. The van der Waals surface area contributed by atoms with Crippen molar-refractivity contribution in [2.45, 2.75) is 26.8 Å². The molecule has 190 valence electrons. The van der Waals surface area contributed by atoms with Crippen molar-refractivity contribution in [1.29, 1.82) is 0 Å². The molecule has 5 rings (SSSR count). The summed E-state index contributed by atoms with van der Waals surface area (Å²) in [5, 5.41) is 5.47. The Hall–Kier alpha value is -4.43. The van der Waals surface area contributed by atoms with Gasteiger partial charge in [0.25, 0.3) is 5.56 Å². The second-order valence-corrected chi connectivity index (χ2v) is 9.86. The Morgan fingerprint density at radius 2 is 1.87 bits per heavy atom. The van der Waals surface area contributed by atoms with Gasteiger partial charge in [-0.05, 0) is 68.3 Å². The van der Waals surface area contributed by atoms with E-state index in [1.54, 1.807) is 10.1 Å². The van der Waals surface area contributed by atoms with Crippen molar-refractivity contribution in [1.82, 2.24) is 14.5 Å². The van der Waals surface area contributed by atoms with Crippen LogP contribution in [0.3, 0.4) is 0 Å². The van der Waals surface area contributed by atoms with Crippen molar-refractivity contribution >= 4 is 39.7 Å². The number of pyridine rings is 2. The highest BCUT2D eigenvalue weighted by molar-refractivity contribution is 7.14. The monoisotopic (exact) mass is 520 g/mol. The van der Waals surface area contributed by atoms with E-state index in [2.05, 4.69) is 33.1 Å². The fraction of sp³-hybridized carbons (Fsp3) is 0.167. The Kier molecular flexibility index (Phi) is 6.98. The number of amidine groups is 1. The molecule has 7 nitrogen and oxygen atoms in total. The van der Waals surface area contributed by atoms with E-state index in [0.717, 1.165) is 44.2 Å². The van der Waals surface area contributed by atoms with Crippen LogP contribution in [0.4, 0.5) is 5.00 Å². The van der Waals surface area contributed by atoms with Crippen LogP contribution >= 0.6 is 11.3 Å².